The molecular formula is C21H35N3O2. The summed E-state index contributed by atoms with van der Waals surface area (Å²) in [4.78, 5) is 26.1. The number of aromatic nitrogens is 1. The molecule has 0 aromatic carbocycles. The third-order valence-corrected chi connectivity index (χ3v) is 5.17. The molecular weight excluding hydrogens is 326 g/mol. The first-order chi connectivity index (χ1) is 12.4. The number of nitrogens with one attached hydrogen (secondary N) is 1. The zero-order chi connectivity index (χ0) is 19.5. The van der Waals surface area contributed by atoms with Crippen LogP contribution in [0.1, 0.15) is 88.2 Å². The molecule has 0 saturated heterocycles. The highest BCUT2D eigenvalue weighted by molar-refractivity contribution is 5.96. The van der Waals surface area contributed by atoms with Crippen LogP contribution in [-0.2, 0) is 4.79 Å². The molecule has 1 heterocycles. The van der Waals surface area contributed by atoms with Crippen LogP contribution in [0.3, 0.4) is 0 Å². The number of rotatable bonds is 6. The van der Waals surface area contributed by atoms with E-state index in [0.717, 1.165) is 11.8 Å². The van der Waals surface area contributed by atoms with E-state index in [1.54, 1.807) is 13.8 Å². The van der Waals surface area contributed by atoms with Crippen LogP contribution < -0.4 is 11.1 Å². The predicted octanol–water partition coefficient (Wildman–Crippen LogP) is 4.84. The fraction of sp³-hybridized carbons (Fsp3) is 0.667. The van der Waals surface area contributed by atoms with Crippen LogP contribution >= 0.6 is 0 Å². The van der Waals surface area contributed by atoms with Gasteiger partial charge < -0.3 is 11.1 Å². The van der Waals surface area contributed by atoms with Crippen molar-refractivity contribution in [1.82, 2.24) is 4.98 Å². The Morgan fingerprint density at radius 3 is 2.54 bits per heavy atom. The van der Waals surface area contributed by atoms with Gasteiger partial charge >= 0.3 is 0 Å². The fourth-order valence-electron chi connectivity index (χ4n) is 3.39. The second kappa shape index (κ2) is 11.7. The van der Waals surface area contributed by atoms with Gasteiger partial charge in [-0.1, -0.05) is 65.7 Å². The first-order valence-electron chi connectivity index (χ1n) is 9.95. The molecule has 1 aliphatic rings. The maximum Gasteiger partial charge on any atom is 0.250 e. The molecule has 2 rings (SSSR count). The Balaban J connectivity index is 0.000000273. The smallest absolute Gasteiger partial charge is 0.250 e. The third kappa shape index (κ3) is 7.54. The van der Waals surface area contributed by atoms with Gasteiger partial charge in [0.2, 0.25) is 5.91 Å². The van der Waals surface area contributed by atoms with E-state index in [-0.39, 0.29) is 5.91 Å². The number of aryl methyl sites for hydroxylation is 1. The number of hydrogen-bond acceptors (Lipinski definition) is 3. The van der Waals surface area contributed by atoms with Gasteiger partial charge in [-0.15, -0.1) is 0 Å². The molecule has 2 atom stereocenters. The van der Waals surface area contributed by atoms with Crippen molar-refractivity contribution >= 4 is 17.5 Å². The van der Waals surface area contributed by atoms with Gasteiger partial charge in [0.05, 0.1) is 23.1 Å². The highest BCUT2D eigenvalue weighted by Crippen LogP contribution is 2.32. The Labute approximate surface area is 158 Å². The Kier molecular flexibility index (Phi) is 9.92. The molecule has 2 unspecified atom stereocenters. The Morgan fingerprint density at radius 2 is 1.96 bits per heavy atom. The van der Waals surface area contributed by atoms with Crippen LogP contribution in [-0.4, -0.2) is 16.8 Å². The molecule has 0 bridgehead atoms. The molecule has 0 spiro atoms. The van der Waals surface area contributed by atoms with Crippen LogP contribution in [0.25, 0.3) is 0 Å². The molecule has 1 fully saturated rings. The van der Waals surface area contributed by atoms with Crippen molar-refractivity contribution in [3.05, 3.63) is 23.5 Å². The molecule has 26 heavy (non-hydrogen) atoms. The molecule has 1 saturated carbocycles. The highest BCUT2D eigenvalue weighted by Gasteiger charge is 2.19. The standard InChI is InChI=1S/C11H22.C10H13N3O2/c1-3-4-8-11-9-6-5-7-10(11)2;1-3-9(14)13-7-4-8(10(11)15)6(2)12-5-7/h10-11H,3-9H2,1-2H3;4-5H,3H2,1-2H3,(H2,11,15)(H,13,14). The minimum Gasteiger partial charge on any atom is -0.366 e. The summed E-state index contributed by atoms with van der Waals surface area (Å²) in [5.41, 5.74) is 6.52. The second-order valence-electron chi connectivity index (χ2n) is 7.29. The zero-order valence-corrected chi connectivity index (χ0v) is 16.8. The number of unbranched alkanes of at least 4 members (excludes halogenated alkanes) is 1. The molecule has 1 aliphatic carbocycles. The van der Waals surface area contributed by atoms with E-state index >= 15 is 0 Å². The van der Waals surface area contributed by atoms with E-state index in [9.17, 15) is 9.59 Å². The van der Waals surface area contributed by atoms with Gasteiger partial charge in [-0.25, -0.2) is 0 Å². The van der Waals surface area contributed by atoms with E-state index in [1.807, 2.05) is 0 Å². The summed E-state index contributed by atoms with van der Waals surface area (Å²) < 4.78 is 0. The first kappa shape index (κ1) is 22.1. The van der Waals surface area contributed by atoms with Crippen molar-refractivity contribution in [3.63, 3.8) is 0 Å². The monoisotopic (exact) mass is 361 g/mol. The van der Waals surface area contributed by atoms with E-state index in [4.69, 9.17) is 5.73 Å². The average molecular weight is 362 g/mol. The maximum absolute atomic E-state index is 11.1. The van der Waals surface area contributed by atoms with Crippen molar-refractivity contribution in [2.75, 3.05) is 5.32 Å². The molecule has 5 heteroatoms. The van der Waals surface area contributed by atoms with Crippen molar-refractivity contribution in [1.29, 1.82) is 0 Å². The Bertz CT molecular complexity index is 587. The molecule has 146 valence electrons. The van der Waals surface area contributed by atoms with Gasteiger partial charge in [-0.05, 0) is 24.8 Å². The lowest BCUT2D eigenvalue weighted by Crippen LogP contribution is -2.16. The van der Waals surface area contributed by atoms with Crippen molar-refractivity contribution < 1.29 is 9.59 Å². The van der Waals surface area contributed by atoms with Crippen LogP contribution in [0, 0.1) is 18.8 Å². The second-order valence-corrected chi connectivity index (χ2v) is 7.29. The SMILES string of the molecule is CCC(=O)Nc1cnc(C)c(C(N)=O)c1.CCCCC1CCCCC1C. The Morgan fingerprint density at radius 1 is 1.27 bits per heavy atom. The number of nitrogens with two attached hydrogens (primary N) is 1. The molecule has 2 amide bonds. The van der Waals surface area contributed by atoms with E-state index < -0.39 is 5.91 Å². The number of nitrogens with zero attached hydrogens (tertiary/aromatic N) is 1. The first-order valence-corrected chi connectivity index (χ1v) is 9.95. The highest BCUT2D eigenvalue weighted by atomic mass is 16.2. The molecule has 3 N–H and O–H groups in total. The normalized spacial score (nSPS) is 19.2. The average Bonchev–Trinajstić information content (AvgIpc) is 2.63. The van der Waals surface area contributed by atoms with Crippen molar-refractivity contribution in [3.8, 4) is 0 Å². The summed E-state index contributed by atoms with van der Waals surface area (Å²) in [5, 5.41) is 2.60. The van der Waals surface area contributed by atoms with E-state index in [2.05, 4.69) is 24.1 Å². The van der Waals surface area contributed by atoms with Crippen LogP contribution in [0.4, 0.5) is 5.69 Å². The summed E-state index contributed by atoms with van der Waals surface area (Å²) in [6.07, 6.45) is 12.2. The maximum atomic E-state index is 11.1. The number of carbonyl (C=O) groups is 2. The van der Waals surface area contributed by atoms with E-state index in [0.29, 0.717) is 23.4 Å². The number of hydrogen-bond donors (Lipinski definition) is 2. The lowest BCUT2D eigenvalue weighted by Gasteiger charge is -2.28. The summed E-state index contributed by atoms with van der Waals surface area (Å²) in [7, 11) is 0. The summed E-state index contributed by atoms with van der Waals surface area (Å²) >= 11 is 0. The van der Waals surface area contributed by atoms with E-state index in [1.165, 1.54) is 57.2 Å². The number of anilines is 1. The van der Waals surface area contributed by atoms with Gasteiger partial charge in [0.1, 0.15) is 0 Å². The number of pyridine rings is 1. The largest absolute Gasteiger partial charge is 0.366 e. The topological polar surface area (TPSA) is 85.1 Å². The van der Waals surface area contributed by atoms with Gasteiger partial charge in [0.25, 0.3) is 5.91 Å². The zero-order valence-electron chi connectivity index (χ0n) is 16.8. The Hall–Kier alpha value is -1.91. The summed E-state index contributed by atoms with van der Waals surface area (Å²) in [6.45, 7) is 8.17. The quantitative estimate of drug-likeness (QED) is 0.760. The number of amides is 2. The lowest BCUT2D eigenvalue weighted by molar-refractivity contribution is -0.115. The molecule has 5 nitrogen and oxygen atoms in total. The third-order valence-electron chi connectivity index (χ3n) is 5.17. The van der Waals surface area contributed by atoms with Gasteiger partial charge in [-0.2, -0.15) is 0 Å². The van der Waals surface area contributed by atoms with Crippen LogP contribution in [0.5, 0.6) is 0 Å². The molecule has 0 aliphatic heterocycles. The minimum absolute atomic E-state index is 0.129. The van der Waals surface area contributed by atoms with Gasteiger partial charge in [0, 0.05) is 6.42 Å². The van der Waals surface area contributed by atoms with Gasteiger partial charge in [-0.3, -0.25) is 14.6 Å². The summed E-state index contributed by atoms with van der Waals surface area (Å²) in [5.74, 6) is 1.42. The van der Waals surface area contributed by atoms with Crippen LogP contribution in [0.2, 0.25) is 0 Å². The predicted molar refractivity (Wildman–Crippen MR) is 107 cm³/mol. The molecule has 1 aromatic heterocycles. The van der Waals surface area contributed by atoms with Crippen LogP contribution in [0.15, 0.2) is 12.3 Å². The number of primary amides is 1. The van der Waals surface area contributed by atoms with Crippen molar-refractivity contribution in [2.45, 2.75) is 79.1 Å². The van der Waals surface area contributed by atoms with Gasteiger partial charge in [0.15, 0.2) is 0 Å². The molecule has 1 aromatic rings. The number of carbonyl (C=O) groups excluding carboxylic acids is 2. The lowest BCUT2D eigenvalue weighted by atomic mass is 9.78. The fourth-order valence-corrected chi connectivity index (χ4v) is 3.39. The summed E-state index contributed by atoms with van der Waals surface area (Å²) in [6, 6.07) is 1.53. The van der Waals surface area contributed by atoms with Crippen molar-refractivity contribution in [2.24, 2.45) is 17.6 Å². The molecule has 0 radical (unpaired) electrons. The minimum atomic E-state index is -0.549.